The Bertz CT molecular complexity index is 230. The van der Waals surface area contributed by atoms with Crippen molar-refractivity contribution in [1.29, 1.82) is 0 Å². The Hall–Kier alpha value is -1.05. The first-order valence-corrected chi connectivity index (χ1v) is 4.08. The van der Waals surface area contributed by atoms with Crippen LogP contribution in [0.5, 0.6) is 0 Å². The molecule has 2 nitrogen and oxygen atoms in total. The monoisotopic (exact) mass is 166 g/mol. The van der Waals surface area contributed by atoms with Gasteiger partial charge in [-0.15, -0.1) is 6.58 Å². The fourth-order valence-corrected chi connectivity index (χ4v) is 1.34. The van der Waals surface area contributed by atoms with Crippen molar-refractivity contribution in [2.75, 3.05) is 7.11 Å². The molecule has 0 heterocycles. The lowest BCUT2D eigenvalue weighted by Gasteiger charge is -2.27. The smallest absolute Gasteiger partial charge is 0.333 e. The molecule has 0 aromatic heterocycles. The number of carbonyl (C=O) groups excluding carboxylic acids is 1. The third-order valence-electron chi connectivity index (χ3n) is 2.37. The molecule has 0 bridgehead atoms. The van der Waals surface area contributed by atoms with Crippen LogP contribution in [0.25, 0.3) is 0 Å². The van der Waals surface area contributed by atoms with E-state index in [1.54, 1.807) is 0 Å². The normalized spacial score (nSPS) is 21.2. The molecule has 0 aliphatic heterocycles. The maximum Gasteiger partial charge on any atom is 0.333 e. The summed E-state index contributed by atoms with van der Waals surface area (Å²) in [6.45, 7) is 5.52. The van der Waals surface area contributed by atoms with Gasteiger partial charge in [0.15, 0.2) is 0 Å². The van der Waals surface area contributed by atoms with Crippen molar-refractivity contribution < 1.29 is 9.53 Å². The van der Waals surface area contributed by atoms with E-state index in [9.17, 15) is 4.79 Å². The van der Waals surface area contributed by atoms with E-state index in [1.807, 2.05) is 13.0 Å². The van der Waals surface area contributed by atoms with Crippen molar-refractivity contribution in [3.63, 3.8) is 0 Å². The maximum atomic E-state index is 11.0. The molecule has 0 saturated heterocycles. The lowest BCUT2D eigenvalue weighted by molar-refractivity contribution is -0.136. The second-order valence-electron chi connectivity index (χ2n) is 3.12. The number of esters is 1. The minimum absolute atomic E-state index is 0.201. The molecule has 1 aliphatic rings. The molecule has 1 fully saturated rings. The minimum atomic E-state index is -0.201. The Morgan fingerprint density at radius 1 is 1.67 bits per heavy atom. The minimum Gasteiger partial charge on any atom is -0.466 e. The lowest BCUT2D eigenvalue weighted by Crippen LogP contribution is -2.17. The Morgan fingerprint density at radius 2 is 2.25 bits per heavy atom. The third-order valence-corrected chi connectivity index (χ3v) is 2.37. The Morgan fingerprint density at radius 3 is 2.67 bits per heavy atom. The summed E-state index contributed by atoms with van der Waals surface area (Å²) in [5.74, 6) is 0.368. The number of methoxy groups -OCH3 is 1. The lowest BCUT2D eigenvalue weighted by atomic mass is 9.78. The average molecular weight is 166 g/mol. The van der Waals surface area contributed by atoms with Crippen LogP contribution in [0.4, 0.5) is 0 Å². The molecule has 1 aliphatic carbocycles. The highest BCUT2D eigenvalue weighted by molar-refractivity contribution is 5.88. The second kappa shape index (κ2) is 3.57. The first-order chi connectivity index (χ1) is 5.69. The molecule has 0 aromatic carbocycles. The highest BCUT2D eigenvalue weighted by Gasteiger charge is 2.24. The van der Waals surface area contributed by atoms with Crippen LogP contribution in [0.1, 0.15) is 19.8 Å². The summed E-state index contributed by atoms with van der Waals surface area (Å²) in [7, 11) is 1.41. The van der Waals surface area contributed by atoms with Gasteiger partial charge in [0.05, 0.1) is 7.11 Å². The van der Waals surface area contributed by atoms with Crippen molar-refractivity contribution in [3.05, 3.63) is 23.8 Å². The number of hydrogen-bond acceptors (Lipinski definition) is 2. The van der Waals surface area contributed by atoms with Crippen molar-refractivity contribution in [2.45, 2.75) is 19.8 Å². The van der Waals surface area contributed by atoms with E-state index in [4.69, 9.17) is 0 Å². The molecule has 1 rings (SSSR count). The molecular weight excluding hydrogens is 152 g/mol. The summed E-state index contributed by atoms with van der Waals surface area (Å²) in [4.78, 5) is 11.0. The SMILES string of the molecule is C=CC1CC(=C(C)C(=O)OC)C1. The van der Waals surface area contributed by atoms with E-state index < -0.39 is 0 Å². The Labute approximate surface area is 72.9 Å². The molecule has 0 N–H and O–H groups in total. The fourth-order valence-electron chi connectivity index (χ4n) is 1.34. The molecule has 0 aromatic rings. The predicted molar refractivity (Wildman–Crippen MR) is 47.6 cm³/mol. The van der Waals surface area contributed by atoms with Crippen LogP contribution in [0, 0.1) is 5.92 Å². The van der Waals surface area contributed by atoms with Gasteiger partial charge in [-0.2, -0.15) is 0 Å². The van der Waals surface area contributed by atoms with Gasteiger partial charge in [-0.05, 0) is 25.7 Å². The molecule has 0 spiro atoms. The quantitative estimate of drug-likeness (QED) is 0.356. The van der Waals surface area contributed by atoms with Crippen LogP contribution >= 0.6 is 0 Å². The van der Waals surface area contributed by atoms with Crippen LogP contribution in [-0.2, 0) is 9.53 Å². The molecule has 66 valence electrons. The predicted octanol–water partition coefficient (Wildman–Crippen LogP) is 2.07. The second-order valence-corrected chi connectivity index (χ2v) is 3.12. The molecule has 1 saturated carbocycles. The van der Waals surface area contributed by atoms with Gasteiger partial charge in [0.2, 0.25) is 0 Å². The zero-order chi connectivity index (χ0) is 9.14. The van der Waals surface area contributed by atoms with Gasteiger partial charge in [-0.3, -0.25) is 0 Å². The highest BCUT2D eigenvalue weighted by atomic mass is 16.5. The van der Waals surface area contributed by atoms with E-state index in [0.717, 1.165) is 18.4 Å². The number of carbonyl (C=O) groups is 1. The Kier molecular flexibility index (Phi) is 2.69. The zero-order valence-corrected chi connectivity index (χ0v) is 7.59. The fraction of sp³-hybridized carbons (Fsp3) is 0.500. The van der Waals surface area contributed by atoms with Gasteiger partial charge in [-0.25, -0.2) is 4.79 Å². The summed E-state index contributed by atoms with van der Waals surface area (Å²) in [6, 6.07) is 0. The van der Waals surface area contributed by atoms with Gasteiger partial charge < -0.3 is 4.74 Å². The largest absolute Gasteiger partial charge is 0.466 e. The number of ether oxygens (including phenoxy) is 1. The first kappa shape index (κ1) is 9.04. The molecule has 0 atom stereocenters. The number of rotatable bonds is 2. The van der Waals surface area contributed by atoms with E-state index >= 15 is 0 Å². The Balaban J connectivity index is 2.58. The van der Waals surface area contributed by atoms with Gasteiger partial charge in [0.1, 0.15) is 0 Å². The topological polar surface area (TPSA) is 26.3 Å². The molecule has 2 heteroatoms. The summed E-state index contributed by atoms with van der Waals surface area (Å²) >= 11 is 0. The van der Waals surface area contributed by atoms with Gasteiger partial charge in [-0.1, -0.05) is 11.6 Å². The number of allylic oxidation sites excluding steroid dienone is 2. The maximum absolute atomic E-state index is 11.0. The van der Waals surface area contributed by atoms with E-state index in [0.29, 0.717) is 5.92 Å². The number of hydrogen-bond donors (Lipinski definition) is 0. The van der Waals surface area contributed by atoms with Gasteiger partial charge in [0, 0.05) is 5.57 Å². The first-order valence-electron chi connectivity index (χ1n) is 4.08. The highest BCUT2D eigenvalue weighted by Crippen LogP contribution is 2.35. The van der Waals surface area contributed by atoms with Crippen LogP contribution in [0.3, 0.4) is 0 Å². The van der Waals surface area contributed by atoms with Crippen LogP contribution in [-0.4, -0.2) is 13.1 Å². The summed E-state index contributed by atoms with van der Waals surface area (Å²) in [6.07, 6.45) is 3.89. The van der Waals surface area contributed by atoms with Crippen LogP contribution in [0.2, 0.25) is 0 Å². The van der Waals surface area contributed by atoms with Crippen molar-refractivity contribution in [1.82, 2.24) is 0 Å². The molecule has 0 radical (unpaired) electrons. The van der Waals surface area contributed by atoms with Gasteiger partial charge >= 0.3 is 5.97 Å². The zero-order valence-electron chi connectivity index (χ0n) is 7.59. The van der Waals surface area contributed by atoms with E-state index in [-0.39, 0.29) is 5.97 Å². The van der Waals surface area contributed by atoms with Gasteiger partial charge in [0.25, 0.3) is 0 Å². The van der Waals surface area contributed by atoms with Crippen molar-refractivity contribution in [2.24, 2.45) is 5.92 Å². The third kappa shape index (κ3) is 1.58. The van der Waals surface area contributed by atoms with Crippen LogP contribution < -0.4 is 0 Å². The molecule has 0 unspecified atom stereocenters. The summed E-state index contributed by atoms with van der Waals surface area (Å²) in [5, 5.41) is 0. The van der Waals surface area contributed by atoms with Crippen LogP contribution in [0.15, 0.2) is 23.8 Å². The summed E-state index contributed by atoms with van der Waals surface area (Å²) in [5.41, 5.74) is 1.99. The van der Waals surface area contributed by atoms with E-state index in [1.165, 1.54) is 12.7 Å². The van der Waals surface area contributed by atoms with E-state index in [2.05, 4.69) is 11.3 Å². The molecule has 0 amide bonds. The average Bonchev–Trinajstić information content (AvgIpc) is 2.01. The summed E-state index contributed by atoms with van der Waals surface area (Å²) < 4.78 is 4.62. The molecule has 12 heavy (non-hydrogen) atoms. The molecular formula is C10H14O2. The van der Waals surface area contributed by atoms with Crippen molar-refractivity contribution in [3.8, 4) is 0 Å². The van der Waals surface area contributed by atoms with Crippen molar-refractivity contribution >= 4 is 5.97 Å². The standard InChI is InChI=1S/C10H14O2/c1-4-8-5-9(6-8)7(2)10(11)12-3/h4,8H,1,5-6H2,2-3H3.